The second-order valence-electron chi connectivity index (χ2n) is 8.73. The SMILES string of the molecule is CN(C=O)c1c(NCC2CC3(CNC3)C2)cccc1N(C)C1CCC(=O)NC1=O. The van der Waals surface area contributed by atoms with Gasteiger partial charge in [-0.1, -0.05) is 6.07 Å². The fourth-order valence-corrected chi connectivity index (χ4v) is 4.93. The average molecular weight is 399 g/mol. The van der Waals surface area contributed by atoms with E-state index >= 15 is 0 Å². The topological polar surface area (TPSA) is 93.8 Å². The largest absolute Gasteiger partial charge is 0.383 e. The average Bonchev–Trinajstić information content (AvgIpc) is 2.64. The summed E-state index contributed by atoms with van der Waals surface area (Å²) < 4.78 is 0. The summed E-state index contributed by atoms with van der Waals surface area (Å²) in [5.41, 5.74) is 2.94. The van der Waals surface area contributed by atoms with E-state index in [1.807, 2.05) is 30.1 Å². The molecule has 8 nitrogen and oxygen atoms in total. The number of piperidine rings is 1. The van der Waals surface area contributed by atoms with Gasteiger partial charge in [0.2, 0.25) is 18.2 Å². The molecule has 156 valence electrons. The van der Waals surface area contributed by atoms with Crippen molar-refractivity contribution < 1.29 is 14.4 Å². The number of carbonyl (C=O) groups is 3. The van der Waals surface area contributed by atoms with Gasteiger partial charge in [0, 0.05) is 40.2 Å². The van der Waals surface area contributed by atoms with Crippen LogP contribution in [0.1, 0.15) is 25.7 Å². The highest BCUT2D eigenvalue weighted by atomic mass is 16.2. The first-order valence-electron chi connectivity index (χ1n) is 10.2. The van der Waals surface area contributed by atoms with E-state index in [-0.39, 0.29) is 11.8 Å². The molecular weight excluding hydrogens is 370 g/mol. The van der Waals surface area contributed by atoms with Crippen LogP contribution in [0.4, 0.5) is 17.1 Å². The zero-order valence-electron chi connectivity index (χ0n) is 17.0. The van der Waals surface area contributed by atoms with Crippen LogP contribution in [0.15, 0.2) is 18.2 Å². The number of anilines is 3. The lowest BCUT2D eigenvalue weighted by Crippen LogP contribution is -2.61. The smallest absolute Gasteiger partial charge is 0.249 e. The quantitative estimate of drug-likeness (QED) is 0.467. The number of imide groups is 1. The molecule has 1 saturated carbocycles. The summed E-state index contributed by atoms with van der Waals surface area (Å²) in [6.07, 6.45) is 4.03. The van der Waals surface area contributed by atoms with Crippen LogP contribution in [0.5, 0.6) is 0 Å². The van der Waals surface area contributed by atoms with E-state index in [2.05, 4.69) is 16.0 Å². The molecule has 2 heterocycles. The van der Waals surface area contributed by atoms with Gasteiger partial charge in [0.15, 0.2) is 0 Å². The first-order chi connectivity index (χ1) is 13.9. The van der Waals surface area contributed by atoms with Crippen LogP contribution in [-0.2, 0) is 14.4 Å². The van der Waals surface area contributed by atoms with Crippen LogP contribution in [0.3, 0.4) is 0 Å². The Bertz CT molecular complexity index is 815. The molecule has 0 radical (unpaired) electrons. The fourth-order valence-electron chi connectivity index (χ4n) is 4.93. The third-order valence-electron chi connectivity index (χ3n) is 6.61. The number of benzene rings is 1. The van der Waals surface area contributed by atoms with Gasteiger partial charge < -0.3 is 20.4 Å². The number of nitrogens with one attached hydrogen (secondary N) is 3. The normalized spacial score (nSPS) is 23.0. The van der Waals surface area contributed by atoms with Crippen molar-refractivity contribution in [3.05, 3.63) is 18.2 Å². The molecule has 4 rings (SSSR count). The molecule has 1 aliphatic carbocycles. The molecule has 3 fully saturated rings. The first kappa shape index (κ1) is 19.7. The van der Waals surface area contributed by atoms with Gasteiger partial charge in [-0.15, -0.1) is 0 Å². The Morgan fingerprint density at radius 3 is 2.62 bits per heavy atom. The van der Waals surface area contributed by atoms with E-state index in [0.29, 0.717) is 24.2 Å². The lowest BCUT2D eigenvalue weighted by atomic mass is 9.58. The number of carbonyl (C=O) groups excluding carboxylic acids is 3. The zero-order valence-corrected chi connectivity index (χ0v) is 17.0. The zero-order chi connectivity index (χ0) is 20.6. The van der Waals surface area contributed by atoms with Gasteiger partial charge in [0.1, 0.15) is 6.04 Å². The summed E-state index contributed by atoms with van der Waals surface area (Å²) in [5.74, 6) is 0.110. The van der Waals surface area contributed by atoms with Crippen LogP contribution >= 0.6 is 0 Å². The van der Waals surface area contributed by atoms with Crippen LogP contribution in [-0.4, -0.2) is 58.0 Å². The number of nitrogens with zero attached hydrogens (tertiary/aromatic N) is 2. The molecular formula is C21H29N5O3. The third kappa shape index (κ3) is 3.69. The molecule has 3 aliphatic rings. The van der Waals surface area contributed by atoms with Crippen molar-refractivity contribution in [2.45, 2.75) is 31.7 Å². The minimum atomic E-state index is -0.445. The Balaban J connectivity index is 1.52. The molecule has 3 N–H and O–H groups in total. The summed E-state index contributed by atoms with van der Waals surface area (Å²) in [4.78, 5) is 38.8. The Morgan fingerprint density at radius 2 is 2.00 bits per heavy atom. The van der Waals surface area contributed by atoms with Gasteiger partial charge in [-0.3, -0.25) is 19.7 Å². The van der Waals surface area contributed by atoms with Crippen molar-refractivity contribution in [1.82, 2.24) is 10.6 Å². The predicted molar refractivity (Wildman–Crippen MR) is 112 cm³/mol. The highest BCUT2D eigenvalue weighted by molar-refractivity contribution is 6.02. The maximum atomic E-state index is 12.3. The van der Waals surface area contributed by atoms with Crippen molar-refractivity contribution in [2.75, 3.05) is 48.8 Å². The fraction of sp³-hybridized carbons (Fsp3) is 0.571. The van der Waals surface area contributed by atoms with Crippen molar-refractivity contribution in [3.63, 3.8) is 0 Å². The number of rotatable bonds is 7. The van der Waals surface area contributed by atoms with E-state index in [0.717, 1.165) is 43.1 Å². The molecule has 3 amide bonds. The summed E-state index contributed by atoms with van der Waals surface area (Å²) in [6, 6.07) is 5.36. The highest BCUT2D eigenvalue weighted by Gasteiger charge is 2.47. The van der Waals surface area contributed by atoms with Gasteiger partial charge in [-0.25, -0.2) is 0 Å². The number of hydrogen-bond donors (Lipinski definition) is 3. The molecule has 1 aromatic carbocycles. The first-order valence-corrected chi connectivity index (χ1v) is 10.2. The number of likely N-dealkylation sites (N-methyl/N-ethyl adjacent to an activating group) is 1. The van der Waals surface area contributed by atoms with E-state index in [1.54, 1.807) is 7.05 Å². The Morgan fingerprint density at radius 1 is 1.24 bits per heavy atom. The maximum absolute atomic E-state index is 12.3. The van der Waals surface area contributed by atoms with Gasteiger partial charge in [-0.2, -0.15) is 0 Å². The van der Waals surface area contributed by atoms with Crippen molar-refractivity contribution in [3.8, 4) is 0 Å². The van der Waals surface area contributed by atoms with Crippen LogP contribution < -0.4 is 25.8 Å². The predicted octanol–water partition coefficient (Wildman–Crippen LogP) is 0.932. The Hall–Kier alpha value is -2.61. The van der Waals surface area contributed by atoms with Gasteiger partial charge in [-0.05, 0) is 42.7 Å². The van der Waals surface area contributed by atoms with E-state index in [4.69, 9.17) is 0 Å². The summed E-state index contributed by atoms with van der Waals surface area (Å²) >= 11 is 0. The lowest BCUT2D eigenvalue weighted by molar-refractivity contribution is -0.134. The lowest BCUT2D eigenvalue weighted by Gasteiger charge is -2.54. The molecule has 2 saturated heterocycles. The molecule has 29 heavy (non-hydrogen) atoms. The second-order valence-corrected chi connectivity index (χ2v) is 8.73. The molecule has 0 aromatic heterocycles. The molecule has 1 unspecified atom stereocenters. The highest BCUT2D eigenvalue weighted by Crippen LogP contribution is 2.48. The summed E-state index contributed by atoms with van der Waals surface area (Å²) in [6.45, 7) is 3.14. The Labute approximate surface area is 171 Å². The molecule has 2 aliphatic heterocycles. The van der Waals surface area contributed by atoms with Crippen LogP contribution in [0.25, 0.3) is 0 Å². The summed E-state index contributed by atoms with van der Waals surface area (Å²) in [5, 5.41) is 9.30. The minimum absolute atomic E-state index is 0.236. The number of hydrogen-bond acceptors (Lipinski definition) is 6. The van der Waals surface area contributed by atoms with E-state index < -0.39 is 6.04 Å². The van der Waals surface area contributed by atoms with Crippen LogP contribution in [0, 0.1) is 11.3 Å². The van der Waals surface area contributed by atoms with Crippen LogP contribution in [0.2, 0.25) is 0 Å². The van der Waals surface area contributed by atoms with Crippen molar-refractivity contribution >= 4 is 35.3 Å². The third-order valence-corrected chi connectivity index (χ3v) is 6.61. The number of para-hydroxylation sites is 1. The van der Waals surface area contributed by atoms with Crippen molar-refractivity contribution in [2.24, 2.45) is 11.3 Å². The molecule has 0 bridgehead atoms. The van der Waals surface area contributed by atoms with Crippen molar-refractivity contribution in [1.29, 1.82) is 0 Å². The molecule has 1 atom stereocenters. The minimum Gasteiger partial charge on any atom is -0.383 e. The molecule has 1 spiro atoms. The molecule has 1 aromatic rings. The summed E-state index contributed by atoms with van der Waals surface area (Å²) in [7, 11) is 3.55. The van der Waals surface area contributed by atoms with Gasteiger partial charge >= 0.3 is 0 Å². The standard InChI is InChI=1S/C21H29N5O3/c1-25(13-27)19-15(23-10-14-8-21(9-14)11-22-12-21)4-3-5-16(19)26(2)17-6-7-18(28)24-20(17)29/h3-5,13-14,17,22-23H,6-12H2,1-2H3,(H,24,28,29). The second kappa shape index (κ2) is 7.67. The van der Waals surface area contributed by atoms with Gasteiger partial charge in [0.25, 0.3) is 0 Å². The van der Waals surface area contributed by atoms with Gasteiger partial charge in [0.05, 0.1) is 17.1 Å². The number of amides is 3. The monoisotopic (exact) mass is 399 g/mol. The Kier molecular flexibility index (Phi) is 5.21. The molecule has 8 heteroatoms. The maximum Gasteiger partial charge on any atom is 0.249 e. The van der Waals surface area contributed by atoms with E-state index in [9.17, 15) is 14.4 Å². The van der Waals surface area contributed by atoms with E-state index in [1.165, 1.54) is 17.7 Å².